The van der Waals surface area contributed by atoms with Gasteiger partial charge >= 0.3 is 0 Å². The number of aromatic nitrogens is 2. The lowest BCUT2D eigenvalue weighted by Gasteiger charge is -2.30. The van der Waals surface area contributed by atoms with Gasteiger partial charge in [-0.15, -0.1) is 0 Å². The van der Waals surface area contributed by atoms with Crippen molar-refractivity contribution in [2.45, 2.75) is 26.7 Å². The number of nitrogens with zero attached hydrogens (tertiary/aromatic N) is 3. The van der Waals surface area contributed by atoms with Gasteiger partial charge < -0.3 is 4.90 Å². The van der Waals surface area contributed by atoms with Crippen molar-refractivity contribution in [2.24, 2.45) is 0 Å². The average Bonchev–Trinajstić information content (AvgIpc) is 2.36. The van der Waals surface area contributed by atoms with Crippen molar-refractivity contribution in [1.29, 1.82) is 0 Å². The van der Waals surface area contributed by atoms with Gasteiger partial charge in [-0.05, 0) is 38.3 Å². The van der Waals surface area contributed by atoms with Gasteiger partial charge in [0.2, 0.25) is 0 Å². The highest BCUT2D eigenvalue weighted by Crippen LogP contribution is 2.33. The van der Waals surface area contributed by atoms with E-state index >= 15 is 0 Å². The molecule has 98 valence electrons. The lowest BCUT2D eigenvalue weighted by atomic mass is 9.99. The molecule has 0 amide bonds. The van der Waals surface area contributed by atoms with Crippen LogP contribution in [0.4, 0.5) is 11.5 Å². The summed E-state index contributed by atoms with van der Waals surface area (Å²) in [5, 5.41) is 0.502. The number of hydrogen-bond donors (Lipinski definition) is 0. The summed E-state index contributed by atoms with van der Waals surface area (Å²) in [6.45, 7) is 4.98. The third-order valence-corrected chi connectivity index (χ3v) is 3.62. The second-order valence-electron chi connectivity index (χ2n) is 4.98. The molecule has 0 atom stereocenters. The van der Waals surface area contributed by atoms with Crippen LogP contribution in [0, 0.1) is 13.8 Å². The second-order valence-corrected chi connectivity index (χ2v) is 5.37. The van der Waals surface area contributed by atoms with E-state index in [0.717, 1.165) is 25.2 Å². The van der Waals surface area contributed by atoms with Crippen LogP contribution in [0.3, 0.4) is 0 Å². The molecule has 0 aliphatic carbocycles. The number of aryl methyl sites for hydroxylation is 3. The van der Waals surface area contributed by atoms with Gasteiger partial charge in [-0.25, -0.2) is 9.97 Å². The first-order valence-corrected chi connectivity index (χ1v) is 6.89. The lowest BCUT2D eigenvalue weighted by Crippen LogP contribution is -2.25. The minimum absolute atomic E-state index is 0.502. The van der Waals surface area contributed by atoms with E-state index in [9.17, 15) is 0 Å². The normalized spacial score (nSPS) is 14.4. The Kier molecular flexibility index (Phi) is 3.15. The van der Waals surface area contributed by atoms with Crippen molar-refractivity contribution >= 4 is 23.1 Å². The van der Waals surface area contributed by atoms with Gasteiger partial charge in [0.1, 0.15) is 16.8 Å². The quantitative estimate of drug-likeness (QED) is 0.740. The number of rotatable bonds is 1. The van der Waals surface area contributed by atoms with E-state index in [0.29, 0.717) is 11.0 Å². The Morgan fingerprint density at radius 1 is 1.16 bits per heavy atom. The van der Waals surface area contributed by atoms with Crippen molar-refractivity contribution in [3.63, 3.8) is 0 Å². The van der Waals surface area contributed by atoms with Gasteiger partial charge in [-0.3, -0.25) is 0 Å². The fourth-order valence-electron chi connectivity index (χ4n) is 2.62. The molecule has 3 nitrogen and oxygen atoms in total. The van der Waals surface area contributed by atoms with Crippen LogP contribution < -0.4 is 4.90 Å². The molecule has 2 aromatic rings. The molecule has 0 spiro atoms. The predicted molar refractivity (Wildman–Crippen MR) is 78.3 cm³/mol. The Bertz CT molecular complexity index is 605. The van der Waals surface area contributed by atoms with E-state index in [2.05, 4.69) is 40.0 Å². The summed E-state index contributed by atoms with van der Waals surface area (Å²) in [4.78, 5) is 10.9. The summed E-state index contributed by atoms with van der Waals surface area (Å²) in [6.07, 6.45) is 2.27. The van der Waals surface area contributed by atoms with E-state index in [1.165, 1.54) is 16.8 Å². The molecule has 4 heteroatoms. The standard InChI is InChI=1S/C15H16ClN3/c1-10-5-6-13-12(8-10)4-3-7-19(13)15-9-14(16)17-11(2)18-15/h5-6,8-9H,3-4,7H2,1-2H3. The first-order valence-electron chi connectivity index (χ1n) is 6.52. The number of hydrogen-bond acceptors (Lipinski definition) is 3. The predicted octanol–water partition coefficient (Wildman–Crippen LogP) is 3.83. The van der Waals surface area contributed by atoms with E-state index in [1.54, 1.807) is 0 Å². The highest BCUT2D eigenvalue weighted by Gasteiger charge is 2.19. The zero-order valence-electron chi connectivity index (χ0n) is 11.2. The number of fused-ring (bicyclic) bond motifs is 1. The lowest BCUT2D eigenvalue weighted by molar-refractivity contribution is 0.756. The van der Waals surface area contributed by atoms with Crippen LogP contribution in [0.5, 0.6) is 0 Å². The van der Waals surface area contributed by atoms with Crippen molar-refractivity contribution in [3.8, 4) is 0 Å². The van der Waals surface area contributed by atoms with E-state index < -0.39 is 0 Å². The number of anilines is 2. The zero-order valence-corrected chi connectivity index (χ0v) is 11.9. The van der Waals surface area contributed by atoms with Gasteiger partial charge in [0, 0.05) is 18.3 Å². The van der Waals surface area contributed by atoms with Crippen LogP contribution in [0.2, 0.25) is 5.15 Å². The summed E-state index contributed by atoms with van der Waals surface area (Å²) in [5.74, 6) is 1.60. The molecule has 19 heavy (non-hydrogen) atoms. The number of benzene rings is 1. The monoisotopic (exact) mass is 273 g/mol. The number of halogens is 1. The molecule has 0 bridgehead atoms. The van der Waals surface area contributed by atoms with Gasteiger partial charge in [0.05, 0.1) is 0 Å². The van der Waals surface area contributed by atoms with E-state index in [4.69, 9.17) is 11.6 Å². The Morgan fingerprint density at radius 2 is 2.00 bits per heavy atom. The van der Waals surface area contributed by atoms with Crippen LogP contribution in [-0.2, 0) is 6.42 Å². The summed E-state index contributed by atoms with van der Waals surface area (Å²) in [6, 6.07) is 8.42. The first kappa shape index (κ1) is 12.4. The summed E-state index contributed by atoms with van der Waals surface area (Å²) in [5.41, 5.74) is 3.93. The maximum absolute atomic E-state index is 6.04. The highest BCUT2D eigenvalue weighted by molar-refractivity contribution is 6.29. The fourth-order valence-corrected chi connectivity index (χ4v) is 2.84. The topological polar surface area (TPSA) is 29.0 Å². The summed E-state index contributed by atoms with van der Waals surface area (Å²) < 4.78 is 0. The van der Waals surface area contributed by atoms with Crippen molar-refractivity contribution < 1.29 is 0 Å². The second kappa shape index (κ2) is 4.82. The first-order chi connectivity index (χ1) is 9.13. The molecule has 1 aromatic heterocycles. The smallest absolute Gasteiger partial charge is 0.138 e. The molecule has 0 unspecified atom stereocenters. The Hall–Kier alpha value is -1.61. The van der Waals surface area contributed by atoms with Crippen molar-refractivity contribution in [1.82, 2.24) is 9.97 Å². The zero-order chi connectivity index (χ0) is 13.4. The minimum Gasteiger partial charge on any atom is -0.326 e. The molecule has 0 saturated heterocycles. The maximum atomic E-state index is 6.04. The van der Waals surface area contributed by atoms with Crippen LogP contribution >= 0.6 is 11.6 Å². The van der Waals surface area contributed by atoms with E-state index in [1.807, 2.05) is 13.0 Å². The van der Waals surface area contributed by atoms with Gasteiger partial charge in [-0.2, -0.15) is 0 Å². The Balaban J connectivity index is 2.08. The average molecular weight is 274 g/mol. The van der Waals surface area contributed by atoms with Crippen LogP contribution in [0.1, 0.15) is 23.4 Å². The molecule has 1 aliphatic rings. The maximum Gasteiger partial charge on any atom is 0.138 e. The molecule has 0 fully saturated rings. The third-order valence-electron chi connectivity index (χ3n) is 3.42. The molecule has 3 rings (SSSR count). The Labute approximate surface area is 118 Å². The van der Waals surface area contributed by atoms with Crippen LogP contribution in [-0.4, -0.2) is 16.5 Å². The van der Waals surface area contributed by atoms with Gasteiger partial charge in [0.25, 0.3) is 0 Å². The SMILES string of the molecule is Cc1ccc2c(c1)CCCN2c1cc(Cl)nc(C)n1. The minimum atomic E-state index is 0.502. The van der Waals surface area contributed by atoms with E-state index in [-0.39, 0.29) is 0 Å². The largest absolute Gasteiger partial charge is 0.326 e. The van der Waals surface area contributed by atoms with Crippen molar-refractivity contribution in [2.75, 3.05) is 11.4 Å². The molecule has 0 radical (unpaired) electrons. The third kappa shape index (κ3) is 2.43. The van der Waals surface area contributed by atoms with Crippen LogP contribution in [0.15, 0.2) is 24.3 Å². The molecule has 1 aliphatic heterocycles. The van der Waals surface area contributed by atoms with Gasteiger partial charge in [0.15, 0.2) is 0 Å². The summed E-state index contributed by atoms with van der Waals surface area (Å²) >= 11 is 6.04. The van der Waals surface area contributed by atoms with Crippen molar-refractivity contribution in [3.05, 3.63) is 46.4 Å². The highest BCUT2D eigenvalue weighted by atomic mass is 35.5. The molecule has 0 N–H and O–H groups in total. The summed E-state index contributed by atoms with van der Waals surface area (Å²) in [7, 11) is 0. The molecule has 2 heterocycles. The molecular weight excluding hydrogens is 258 g/mol. The van der Waals surface area contributed by atoms with Gasteiger partial charge in [-0.1, -0.05) is 29.3 Å². The fraction of sp³-hybridized carbons (Fsp3) is 0.333. The molecular formula is C15H16ClN3. The molecule has 0 saturated carbocycles. The Morgan fingerprint density at radius 3 is 2.79 bits per heavy atom. The molecule has 1 aromatic carbocycles. The van der Waals surface area contributed by atoms with Crippen LogP contribution in [0.25, 0.3) is 0 Å².